The Bertz CT molecular complexity index is 564. The second-order valence-corrected chi connectivity index (χ2v) is 3.96. The molecule has 2 rings (SSSR count). The lowest BCUT2D eigenvalue weighted by atomic mass is 9.95. The van der Waals surface area contributed by atoms with Crippen molar-refractivity contribution >= 4 is 23.9 Å². The maximum Gasteiger partial charge on any atom is 0.327 e. The molecule has 1 aliphatic rings. The third-order valence-electron chi connectivity index (χ3n) is 2.61. The Morgan fingerprint density at radius 1 is 1.37 bits per heavy atom. The van der Waals surface area contributed by atoms with Gasteiger partial charge in [0.2, 0.25) is 0 Å². The van der Waals surface area contributed by atoms with E-state index in [4.69, 9.17) is 9.84 Å². The molecule has 1 N–H and O–H groups in total. The van der Waals surface area contributed by atoms with Crippen molar-refractivity contribution in [1.82, 2.24) is 0 Å². The van der Waals surface area contributed by atoms with Crippen LogP contribution in [0, 0.1) is 5.92 Å². The topological polar surface area (TPSA) is 93.0 Å². The summed E-state index contributed by atoms with van der Waals surface area (Å²) in [7, 11) is 0. The number of hydrogen-bond donors (Lipinski definition) is 1. The fourth-order valence-corrected chi connectivity index (χ4v) is 1.67. The average molecular weight is 261 g/mol. The van der Waals surface area contributed by atoms with Crippen LogP contribution in [0.4, 0.5) is 0 Å². The molecule has 1 aromatic carbocycles. The highest BCUT2D eigenvalue weighted by molar-refractivity contribution is 6.21. The zero-order chi connectivity index (χ0) is 13.8. The number of hydrogen-bond acceptors (Lipinski definition) is 5. The summed E-state index contributed by atoms with van der Waals surface area (Å²) in [6.07, 6.45) is 1.01. The van der Waals surface area contributed by atoms with Crippen LogP contribution >= 0.6 is 0 Å². The summed E-state index contributed by atoms with van der Waals surface area (Å²) in [5.74, 6) is -2.91. The number of carbonyl (C=O) groups excluding carboxylic acids is 2. The molecule has 0 spiro atoms. The highest BCUT2D eigenvalue weighted by Crippen LogP contribution is 2.26. The first-order chi connectivity index (χ1) is 9.09. The van der Waals surface area contributed by atoms with Gasteiger partial charge in [0.05, 0.1) is 12.0 Å². The zero-order valence-corrected chi connectivity index (χ0v) is 9.91. The zero-order valence-electron chi connectivity index (χ0n) is 9.91. The fraction of sp³-hybridized carbons (Fsp3) is 0.231. The van der Waals surface area contributed by atoms with E-state index < -0.39 is 17.9 Å². The number of aliphatic imine (C=N–C) groups is 1. The SMILES string of the molecule is O=C(O)CCN=C[C@@H]1C(=O)Oc2ccccc2C1=O. The number of carboxylic acid groups (broad SMARTS) is 1. The normalized spacial score (nSPS) is 18.2. The number of ether oxygens (including phenoxy) is 1. The molecule has 98 valence electrons. The molecule has 0 aromatic heterocycles. The van der Waals surface area contributed by atoms with Crippen molar-refractivity contribution < 1.29 is 24.2 Å². The fourth-order valence-electron chi connectivity index (χ4n) is 1.67. The van der Waals surface area contributed by atoms with Crippen LogP contribution < -0.4 is 4.74 Å². The van der Waals surface area contributed by atoms with E-state index >= 15 is 0 Å². The van der Waals surface area contributed by atoms with Crippen LogP contribution in [0.15, 0.2) is 29.3 Å². The number of rotatable bonds is 4. The second kappa shape index (κ2) is 5.43. The molecule has 0 bridgehead atoms. The van der Waals surface area contributed by atoms with Gasteiger partial charge in [0.1, 0.15) is 5.75 Å². The van der Waals surface area contributed by atoms with Crippen LogP contribution in [0.5, 0.6) is 5.75 Å². The van der Waals surface area contributed by atoms with Crippen LogP contribution in [-0.4, -0.2) is 35.6 Å². The smallest absolute Gasteiger partial charge is 0.327 e. The van der Waals surface area contributed by atoms with E-state index in [0.717, 1.165) is 6.21 Å². The highest BCUT2D eigenvalue weighted by atomic mass is 16.5. The van der Waals surface area contributed by atoms with Gasteiger partial charge in [-0.25, -0.2) is 0 Å². The number of nitrogens with zero attached hydrogens (tertiary/aromatic N) is 1. The molecule has 0 saturated heterocycles. The van der Waals surface area contributed by atoms with Crippen LogP contribution in [0.25, 0.3) is 0 Å². The molecule has 0 amide bonds. The second-order valence-electron chi connectivity index (χ2n) is 3.96. The van der Waals surface area contributed by atoms with Gasteiger partial charge >= 0.3 is 11.9 Å². The summed E-state index contributed by atoms with van der Waals surface area (Å²) < 4.78 is 5.03. The van der Waals surface area contributed by atoms with Gasteiger partial charge in [-0.3, -0.25) is 19.4 Å². The van der Waals surface area contributed by atoms with E-state index in [-0.39, 0.29) is 24.5 Å². The summed E-state index contributed by atoms with van der Waals surface area (Å²) >= 11 is 0. The Morgan fingerprint density at radius 3 is 2.84 bits per heavy atom. The highest BCUT2D eigenvalue weighted by Gasteiger charge is 2.34. The molecular formula is C13H11NO5. The lowest BCUT2D eigenvalue weighted by molar-refractivity contribution is -0.137. The van der Waals surface area contributed by atoms with E-state index in [0.29, 0.717) is 5.56 Å². The van der Waals surface area contributed by atoms with Gasteiger partial charge in [0.15, 0.2) is 11.7 Å². The largest absolute Gasteiger partial charge is 0.481 e. The molecule has 1 aromatic rings. The molecule has 19 heavy (non-hydrogen) atoms. The number of carboxylic acids is 1. The summed E-state index contributed by atoms with van der Waals surface area (Å²) in [5.41, 5.74) is 0.330. The molecule has 1 heterocycles. The van der Waals surface area contributed by atoms with Crippen molar-refractivity contribution in [3.8, 4) is 5.75 Å². The standard InChI is InChI=1S/C13H11NO5/c15-11(16)5-6-14-7-9-12(17)8-3-1-2-4-10(8)19-13(9)18/h1-4,7,9H,5-6H2,(H,15,16)/t9-/m0/s1. The van der Waals surface area contributed by atoms with Crippen molar-refractivity contribution in [2.75, 3.05) is 6.54 Å². The van der Waals surface area contributed by atoms with Crippen molar-refractivity contribution in [3.05, 3.63) is 29.8 Å². The van der Waals surface area contributed by atoms with Crippen molar-refractivity contribution in [2.45, 2.75) is 6.42 Å². The minimum atomic E-state index is -1.09. The predicted octanol–water partition coefficient (Wildman–Crippen LogP) is 0.950. The van der Waals surface area contributed by atoms with E-state index in [2.05, 4.69) is 4.99 Å². The molecule has 1 atom stereocenters. The number of aliphatic carboxylic acids is 1. The lowest BCUT2D eigenvalue weighted by Gasteiger charge is -2.19. The van der Waals surface area contributed by atoms with Crippen molar-refractivity contribution in [1.29, 1.82) is 0 Å². The number of benzene rings is 1. The van der Waals surface area contributed by atoms with E-state index in [1.54, 1.807) is 24.3 Å². The molecule has 6 nitrogen and oxygen atoms in total. The number of ketones is 1. The summed E-state index contributed by atoms with van der Waals surface area (Å²) in [5, 5.41) is 8.45. The maximum atomic E-state index is 12.0. The predicted molar refractivity (Wildman–Crippen MR) is 65.5 cm³/mol. The van der Waals surface area contributed by atoms with Crippen LogP contribution in [0.3, 0.4) is 0 Å². The number of fused-ring (bicyclic) bond motifs is 1. The minimum Gasteiger partial charge on any atom is -0.481 e. The summed E-state index contributed by atoms with van der Waals surface area (Å²) in [4.78, 5) is 37.8. The third-order valence-corrected chi connectivity index (χ3v) is 2.61. The van der Waals surface area contributed by atoms with Gasteiger partial charge in [0, 0.05) is 12.8 Å². The summed E-state index contributed by atoms with van der Waals surface area (Å²) in [6.45, 7) is 0.0219. The van der Waals surface area contributed by atoms with Gasteiger partial charge in [-0.2, -0.15) is 0 Å². The minimum absolute atomic E-state index is 0.0219. The van der Waals surface area contributed by atoms with Crippen LogP contribution in [0.1, 0.15) is 16.8 Å². The van der Waals surface area contributed by atoms with Gasteiger partial charge in [-0.15, -0.1) is 0 Å². The molecule has 0 aliphatic carbocycles. The maximum absolute atomic E-state index is 12.0. The molecular weight excluding hydrogens is 250 g/mol. The average Bonchev–Trinajstić information content (AvgIpc) is 2.37. The molecule has 0 radical (unpaired) electrons. The van der Waals surface area contributed by atoms with Gasteiger partial charge in [-0.05, 0) is 12.1 Å². The first-order valence-corrected chi connectivity index (χ1v) is 5.66. The molecule has 0 fully saturated rings. The first kappa shape index (κ1) is 12.9. The Balaban J connectivity index is 2.13. The summed E-state index contributed by atoms with van der Waals surface area (Å²) in [6, 6.07) is 6.46. The monoisotopic (exact) mass is 261 g/mol. The number of esters is 1. The van der Waals surface area contributed by atoms with Gasteiger partial charge in [0.25, 0.3) is 0 Å². The Hall–Kier alpha value is -2.50. The van der Waals surface area contributed by atoms with Gasteiger partial charge < -0.3 is 9.84 Å². The van der Waals surface area contributed by atoms with E-state index in [1.807, 2.05) is 0 Å². The molecule has 6 heteroatoms. The van der Waals surface area contributed by atoms with E-state index in [1.165, 1.54) is 0 Å². The van der Waals surface area contributed by atoms with Gasteiger partial charge in [-0.1, -0.05) is 12.1 Å². The Labute approximate surface area is 108 Å². The Morgan fingerprint density at radius 2 is 2.11 bits per heavy atom. The number of Topliss-reactive ketones (excluding diaryl/α,β-unsaturated/α-hetero) is 1. The molecule has 0 unspecified atom stereocenters. The van der Waals surface area contributed by atoms with Crippen LogP contribution in [-0.2, 0) is 9.59 Å². The first-order valence-electron chi connectivity index (χ1n) is 5.66. The lowest BCUT2D eigenvalue weighted by Crippen LogP contribution is -2.34. The molecule has 1 aliphatic heterocycles. The quantitative estimate of drug-likeness (QED) is 0.377. The van der Waals surface area contributed by atoms with E-state index in [9.17, 15) is 14.4 Å². The van der Waals surface area contributed by atoms with Crippen LogP contribution in [0.2, 0.25) is 0 Å². The van der Waals surface area contributed by atoms with Crippen molar-refractivity contribution in [2.24, 2.45) is 10.9 Å². The van der Waals surface area contributed by atoms with Crippen molar-refractivity contribution in [3.63, 3.8) is 0 Å². The number of para-hydroxylation sites is 1. The molecule has 0 saturated carbocycles. The Kier molecular flexibility index (Phi) is 3.70. The number of carbonyl (C=O) groups is 3. The third kappa shape index (κ3) is 2.85.